The second kappa shape index (κ2) is 11.5. The van der Waals surface area contributed by atoms with Gasteiger partial charge in [-0.05, 0) is 55.2 Å². The number of carbonyl (C=O) groups is 1. The zero-order valence-corrected chi connectivity index (χ0v) is 24.8. The minimum Gasteiger partial charge on any atom is -0.472 e. The van der Waals surface area contributed by atoms with Gasteiger partial charge in [-0.15, -0.1) is 0 Å². The van der Waals surface area contributed by atoms with Crippen molar-refractivity contribution in [1.82, 2.24) is 14.5 Å². The summed E-state index contributed by atoms with van der Waals surface area (Å²) < 4.78 is 78.2. The number of aromatic nitrogens is 3. The van der Waals surface area contributed by atoms with Crippen LogP contribution in [0.2, 0.25) is 5.02 Å². The first kappa shape index (κ1) is 30.4. The van der Waals surface area contributed by atoms with E-state index in [1.54, 1.807) is 29.8 Å². The maximum absolute atomic E-state index is 13.3. The normalized spacial score (nSPS) is 12.3. The van der Waals surface area contributed by atoms with Gasteiger partial charge < -0.3 is 13.7 Å². The average Bonchev–Trinajstić information content (AvgIpc) is 3.44. The Labute approximate surface area is 250 Å². The first-order valence-electron chi connectivity index (χ1n) is 13.3. The number of rotatable bonds is 9. The number of pyridine rings is 1. The first-order valence-corrected chi connectivity index (χ1v) is 15.1. The van der Waals surface area contributed by atoms with Gasteiger partial charge in [-0.1, -0.05) is 36.7 Å². The Hall–Kier alpha value is -4.10. The molecule has 14 heteroatoms. The molecule has 0 saturated heterocycles. The van der Waals surface area contributed by atoms with Crippen molar-refractivity contribution in [2.45, 2.75) is 45.7 Å². The highest BCUT2D eigenvalue weighted by Gasteiger charge is 2.46. The fourth-order valence-corrected chi connectivity index (χ4v) is 5.92. The quantitative estimate of drug-likeness (QED) is 0.171. The molecule has 1 N–H and O–H groups in total. The number of halogens is 4. The Bertz CT molecular complexity index is 1920. The van der Waals surface area contributed by atoms with Crippen molar-refractivity contribution in [3.63, 3.8) is 0 Å². The number of esters is 1. The molecule has 3 heterocycles. The van der Waals surface area contributed by atoms with Crippen LogP contribution in [0.15, 0.2) is 53.3 Å². The lowest BCUT2D eigenvalue weighted by Crippen LogP contribution is -2.30. The van der Waals surface area contributed by atoms with E-state index in [1.807, 2.05) is 18.4 Å². The number of ether oxygens (including phenoxy) is 1. The molecule has 0 radical (unpaired) electrons. The summed E-state index contributed by atoms with van der Waals surface area (Å²) in [5, 5.41) is 0.158. The molecule has 1 aliphatic carbocycles. The molecule has 0 amide bonds. The topological polar surface area (TPSA) is 116 Å². The van der Waals surface area contributed by atoms with Crippen molar-refractivity contribution in [3.8, 4) is 22.3 Å². The zero-order valence-electron chi connectivity index (χ0n) is 23.3. The Kier molecular flexibility index (Phi) is 8.14. The van der Waals surface area contributed by atoms with E-state index in [4.69, 9.17) is 25.7 Å². The number of nitrogens with one attached hydrogen (secondary N) is 1. The van der Waals surface area contributed by atoms with Gasteiger partial charge in [-0.2, -0.15) is 21.6 Å². The van der Waals surface area contributed by atoms with Crippen LogP contribution in [0.5, 0.6) is 0 Å². The van der Waals surface area contributed by atoms with Gasteiger partial charge in [0.25, 0.3) is 0 Å². The highest BCUT2D eigenvalue weighted by atomic mass is 35.5. The Morgan fingerprint density at radius 2 is 1.86 bits per heavy atom. The largest absolute Gasteiger partial charge is 0.516 e. The molecule has 9 nitrogen and oxygen atoms in total. The molecule has 5 rings (SSSR count). The molecule has 0 fully saturated rings. The third-order valence-corrected chi connectivity index (χ3v) is 8.36. The molecule has 226 valence electrons. The Morgan fingerprint density at radius 3 is 2.56 bits per heavy atom. The molecule has 0 unspecified atom stereocenters. The van der Waals surface area contributed by atoms with Gasteiger partial charge in [0.15, 0.2) is 11.3 Å². The predicted octanol–water partition coefficient (Wildman–Crippen LogP) is 7.20. The zero-order chi connectivity index (χ0) is 31.1. The number of benzene rings is 1. The molecule has 0 atom stereocenters. The number of fused-ring (bicyclic) bond motifs is 2. The number of nitrogens with zero attached hydrogens (tertiary/aromatic N) is 3. The summed E-state index contributed by atoms with van der Waals surface area (Å²) in [5.74, 6) is 0.0736. The number of carbonyl (C=O) groups excluding carboxylic acids is 1. The van der Waals surface area contributed by atoms with Gasteiger partial charge in [0.1, 0.15) is 11.3 Å². The maximum atomic E-state index is 13.3. The lowest BCUT2D eigenvalue weighted by atomic mass is 10.0. The summed E-state index contributed by atoms with van der Waals surface area (Å²) in [4.78, 5) is 22.0. The minimum absolute atomic E-state index is 0.0907. The number of aryl methyl sites for hydroxylation is 2. The smallest absolute Gasteiger partial charge is 0.472 e. The molecule has 2 aromatic heterocycles. The van der Waals surface area contributed by atoms with Crippen LogP contribution in [0.4, 0.5) is 18.9 Å². The van der Waals surface area contributed by atoms with Crippen LogP contribution in [0, 0.1) is 6.92 Å². The molecule has 0 spiro atoms. The third-order valence-electron chi connectivity index (χ3n) is 6.87. The summed E-state index contributed by atoms with van der Waals surface area (Å²) in [6.07, 6.45) is 4.14. The highest BCUT2D eigenvalue weighted by Crippen LogP contribution is 2.48. The van der Waals surface area contributed by atoms with E-state index in [9.17, 15) is 26.4 Å². The number of alkyl halides is 3. The molecule has 2 aliphatic rings. The van der Waals surface area contributed by atoms with Crippen molar-refractivity contribution in [3.05, 3.63) is 76.6 Å². The molecule has 0 saturated carbocycles. The van der Waals surface area contributed by atoms with E-state index < -0.39 is 21.5 Å². The van der Waals surface area contributed by atoms with Crippen molar-refractivity contribution in [1.29, 1.82) is 0 Å². The minimum atomic E-state index is -5.73. The molecule has 43 heavy (non-hydrogen) atoms. The predicted molar refractivity (Wildman–Crippen MR) is 156 cm³/mol. The van der Waals surface area contributed by atoms with Crippen molar-refractivity contribution >= 4 is 44.4 Å². The number of imidazole rings is 1. The average molecular weight is 635 g/mol. The van der Waals surface area contributed by atoms with Crippen LogP contribution in [0.1, 0.15) is 47.7 Å². The van der Waals surface area contributed by atoms with Crippen LogP contribution in [0.3, 0.4) is 0 Å². The van der Waals surface area contributed by atoms with Crippen molar-refractivity contribution in [2.24, 2.45) is 0 Å². The van der Waals surface area contributed by atoms with Crippen molar-refractivity contribution < 1.29 is 35.5 Å². The molecule has 0 bridgehead atoms. The fraction of sp³-hybridized carbons (Fsp3) is 0.276. The van der Waals surface area contributed by atoms with E-state index in [2.05, 4.69) is 4.98 Å². The van der Waals surface area contributed by atoms with Gasteiger partial charge in [-0.25, -0.2) is 14.8 Å². The standard InChI is InChI=1S/C29H26ClF3N4O5S/c1-4-8-23-35-26-16(3)13-22(28(38)42-5-2)34-27(26)37(23)14-19-17-11-12-41-15-20(17)25(30)24(19)18-9-6-7-10-21(18)36-43(39,40)29(31,32)33/h6-7,9-13,15,36H,4-5,8,14H2,1-3H3. The Balaban J connectivity index is 1.76. The number of hydrogen-bond acceptors (Lipinski definition) is 7. The molecule has 3 aromatic rings. The third kappa shape index (κ3) is 5.54. The molecular weight excluding hydrogens is 609 g/mol. The van der Waals surface area contributed by atoms with Gasteiger partial charge >= 0.3 is 21.5 Å². The van der Waals surface area contributed by atoms with E-state index >= 15 is 0 Å². The van der Waals surface area contributed by atoms with Crippen LogP contribution < -0.4 is 4.72 Å². The van der Waals surface area contributed by atoms with Crippen LogP contribution in [-0.2, 0) is 27.7 Å². The molecular formula is C29H26ClF3N4O5S. The lowest BCUT2D eigenvalue weighted by Gasteiger charge is -2.16. The summed E-state index contributed by atoms with van der Waals surface area (Å²) >= 11 is 6.85. The van der Waals surface area contributed by atoms with Crippen LogP contribution >= 0.6 is 11.6 Å². The SMILES string of the molecule is CCCc1nc2c(C)cc(C(=O)OCC)nc2n1Cc1c2ccocc-2c(Cl)c1-c1ccccc1NS(=O)(=O)C(F)(F)F. The number of anilines is 1. The van der Waals surface area contributed by atoms with Gasteiger partial charge in [0, 0.05) is 23.1 Å². The Morgan fingerprint density at radius 1 is 1.12 bits per heavy atom. The molecule has 1 aliphatic heterocycles. The second-order valence-corrected chi connectivity index (χ2v) is 11.8. The van der Waals surface area contributed by atoms with Crippen molar-refractivity contribution in [2.75, 3.05) is 11.3 Å². The van der Waals surface area contributed by atoms with E-state index in [0.29, 0.717) is 51.2 Å². The van der Waals surface area contributed by atoms with Gasteiger partial charge in [0.05, 0.1) is 36.4 Å². The van der Waals surface area contributed by atoms with E-state index in [1.165, 1.54) is 30.7 Å². The van der Waals surface area contributed by atoms with E-state index in [0.717, 1.165) is 6.42 Å². The summed E-state index contributed by atoms with van der Waals surface area (Å²) in [6, 6.07) is 8.97. The highest BCUT2D eigenvalue weighted by molar-refractivity contribution is 7.93. The first-order chi connectivity index (χ1) is 20.4. The number of hydrogen-bond donors (Lipinski definition) is 1. The summed E-state index contributed by atoms with van der Waals surface area (Å²) in [7, 11) is -5.73. The summed E-state index contributed by atoms with van der Waals surface area (Å²) in [5.41, 5.74) is -1.94. The summed E-state index contributed by atoms with van der Waals surface area (Å²) in [6.45, 7) is 5.75. The van der Waals surface area contributed by atoms with Crippen LogP contribution in [-0.4, -0.2) is 41.0 Å². The van der Waals surface area contributed by atoms with Gasteiger partial charge in [0.2, 0.25) is 0 Å². The number of para-hydroxylation sites is 1. The van der Waals surface area contributed by atoms with Crippen LogP contribution in [0.25, 0.3) is 33.4 Å². The van der Waals surface area contributed by atoms with Gasteiger partial charge in [-0.3, -0.25) is 4.72 Å². The maximum Gasteiger partial charge on any atom is 0.516 e. The molecule has 1 aromatic carbocycles. The lowest BCUT2D eigenvalue weighted by molar-refractivity contribution is -0.0429. The fourth-order valence-electron chi connectivity index (χ4n) is 4.98. The second-order valence-electron chi connectivity index (χ2n) is 9.73. The van der Waals surface area contributed by atoms with E-state index in [-0.39, 0.29) is 35.1 Å². The monoisotopic (exact) mass is 634 g/mol. The number of sulfonamides is 1.